The average Bonchev–Trinajstić information content (AvgIpc) is 3.11. The van der Waals surface area contributed by atoms with Gasteiger partial charge >= 0.3 is 5.97 Å². The minimum atomic E-state index is -0.365. The van der Waals surface area contributed by atoms with E-state index < -0.39 is 0 Å². The number of ether oxygens (including phenoxy) is 1. The standard InChI is InChI=1S/C19H25N5O2/c1-3-26-19(25)15-11-22-18-14(5-8-21-18)17(15)23-16-12-24(9-4-7-20)10-6-13(16)2/h5,8,11,13,16H,3-4,6,9-10,12H2,1-2H3,(H2,21,22,23). The largest absolute Gasteiger partial charge is 0.462 e. The van der Waals surface area contributed by atoms with Crippen molar-refractivity contribution in [3.05, 3.63) is 24.0 Å². The first-order valence-electron chi connectivity index (χ1n) is 9.13. The molecule has 2 unspecified atom stereocenters. The molecule has 2 N–H and O–H groups in total. The molecule has 0 saturated carbocycles. The Labute approximate surface area is 153 Å². The van der Waals surface area contributed by atoms with Gasteiger partial charge in [0.2, 0.25) is 0 Å². The number of anilines is 1. The molecule has 1 aliphatic rings. The zero-order valence-electron chi connectivity index (χ0n) is 15.3. The maximum atomic E-state index is 12.4. The van der Waals surface area contributed by atoms with Crippen molar-refractivity contribution in [3.8, 4) is 6.07 Å². The molecule has 138 valence electrons. The van der Waals surface area contributed by atoms with Crippen molar-refractivity contribution in [1.82, 2.24) is 14.9 Å². The maximum Gasteiger partial charge on any atom is 0.341 e. The van der Waals surface area contributed by atoms with E-state index in [0.717, 1.165) is 42.8 Å². The highest BCUT2D eigenvalue weighted by Crippen LogP contribution is 2.29. The molecule has 0 aromatic carbocycles. The normalized spacial score (nSPS) is 20.7. The summed E-state index contributed by atoms with van der Waals surface area (Å²) < 4.78 is 5.21. The van der Waals surface area contributed by atoms with Gasteiger partial charge in [0.1, 0.15) is 11.2 Å². The molecule has 1 saturated heterocycles. The van der Waals surface area contributed by atoms with Crippen LogP contribution in [-0.4, -0.2) is 53.1 Å². The number of hydrogen-bond donors (Lipinski definition) is 2. The number of esters is 1. The van der Waals surface area contributed by atoms with E-state index >= 15 is 0 Å². The van der Waals surface area contributed by atoms with Gasteiger partial charge in [0, 0.05) is 43.3 Å². The summed E-state index contributed by atoms with van der Waals surface area (Å²) in [6, 6.07) is 4.33. The Morgan fingerprint density at radius 1 is 1.58 bits per heavy atom. The van der Waals surface area contributed by atoms with Crippen molar-refractivity contribution in [2.24, 2.45) is 5.92 Å². The Kier molecular flexibility index (Phi) is 5.74. The van der Waals surface area contributed by atoms with E-state index in [0.29, 0.717) is 24.5 Å². The second kappa shape index (κ2) is 8.19. The van der Waals surface area contributed by atoms with Gasteiger partial charge in [-0.1, -0.05) is 6.92 Å². The van der Waals surface area contributed by atoms with Crippen LogP contribution in [0.1, 0.15) is 37.0 Å². The molecule has 2 atom stereocenters. The summed E-state index contributed by atoms with van der Waals surface area (Å²) in [7, 11) is 0. The predicted octanol–water partition coefficient (Wildman–Crippen LogP) is 2.78. The second-order valence-corrected chi connectivity index (χ2v) is 6.73. The summed E-state index contributed by atoms with van der Waals surface area (Å²) in [5.41, 5.74) is 1.97. The van der Waals surface area contributed by atoms with E-state index in [1.807, 2.05) is 12.3 Å². The maximum absolute atomic E-state index is 12.4. The Morgan fingerprint density at radius 3 is 3.19 bits per heavy atom. The van der Waals surface area contributed by atoms with Gasteiger partial charge in [-0.2, -0.15) is 5.26 Å². The van der Waals surface area contributed by atoms with Crippen LogP contribution >= 0.6 is 0 Å². The first-order valence-corrected chi connectivity index (χ1v) is 9.13. The molecule has 3 rings (SSSR count). The zero-order chi connectivity index (χ0) is 18.5. The molecule has 0 spiro atoms. The van der Waals surface area contributed by atoms with Gasteiger partial charge in [-0.15, -0.1) is 0 Å². The summed E-state index contributed by atoms with van der Waals surface area (Å²) in [5, 5.41) is 13.3. The molecular formula is C19H25N5O2. The van der Waals surface area contributed by atoms with Crippen LogP contribution in [0.25, 0.3) is 11.0 Å². The fourth-order valence-corrected chi connectivity index (χ4v) is 3.45. The van der Waals surface area contributed by atoms with E-state index in [9.17, 15) is 4.79 Å². The zero-order valence-corrected chi connectivity index (χ0v) is 15.3. The monoisotopic (exact) mass is 355 g/mol. The van der Waals surface area contributed by atoms with Crippen LogP contribution in [0.4, 0.5) is 5.69 Å². The second-order valence-electron chi connectivity index (χ2n) is 6.73. The molecular weight excluding hydrogens is 330 g/mol. The van der Waals surface area contributed by atoms with E-state index in [1.54, 1.807) is 13.1 Å². The Balaban J connectivity index is 1.88. The molecule has 26 heavy (non-hydrogen) atoms. The lowest BCUT2D eigenvalue weighted by Crippen LogP contribution is -2.47. The third-order valence-corrected chi connectivity index (χ3v) is 4.99. The van der Waals surface area contributed by atoms with Crippen LogP contribution in [0.15, 0.2) is 18.5 Å². The molecule has 0 aliphatic carbocycles. The fourth-order valence-electron chi connectivity index (χ4n) is 3.45. The highest BCUT2D eigenvalue weighted by Gasteiger charge is 2.28. The van der Waals surface area contributed by atoms with E-state index in [2.05, 4.69) is 33.2 Å². The molecule has 1 fully saturated rings. The van der Waals surface area contributed by atoms with Gasteiger partial charge in [0.25, 0.3) is 0 Å². The molecule has 2 aromatic rings. The summed E-state index contributed by atoms with van der Waals surface area (Å²) in [6.45, 7) is 6.97. The van der Waals surface area contributed by atoms with Gasteiger partial charge in [-0.25, -0.2) is 9.78 Å². The van der Waals surface area contributed by atoms with E-state index in [1.165, 1.54) is 0 Å². The summed E-state index contributed by atoms with van der Waals surface area (Å²) in [5.74, 6) is 0.0981. The van der Waals surface area contributed by atoms with Crippen LogP contribution in [0, 0.1) is 17.2 Å². The highest BCUT2D eigenvalue weighted by atomic mass is 16.5. The lowest BCUT2D eigenvalue weighted by atomic mass is 9.92. The first-order chi connectivity index (χ1) is 12.6. The number of aromatic amines is 1. The quantitative estimate of drug-likeness (QED) is 0.774. The first kappa shape index (κ1) is 18.2. The number of piperidine rings is 1. The van der Waals surface area contributed by atoms with E-state index in [4.69, 9.17) is 10.00 Å². The van der Waals surface area contributed by atoms with Crippen molar-refractivity contribution in [3.63, 3.8) is 0 Å². The molecule has 1 aliphatic heterocycles. The van der Waals surface area contributed by atoms with Crippen molar-refractivity contribution in [1.29, 1.82) is 5.26 Å². The number of nitriles is 1. The SMILES string of the molecule is CCOC(=O)c1cnc2[nH]ccc2c1NC1CN(CCC#N)CCC1C. The van der Waals surface area contributed by atoms with Gasteiger partial charge in [0.05, 0.1) is 18.4 Å². The van der Waals surface area contributed by atoms with Gasteiger partial charge in [-0.3, -0.25) is 0 Å². The number of pyridine rings is 1. The number of aromatic nitrogens is 2. The lowest BCUT2D eigenvalue weighted by molar-refractivity contribution is 0.0527. The van der Waals surface area contributed by atoms with Crippen molar-refractivity contribution in [2.45, 2.75) is 32.7 Å². The number of hydrogen-bond acceptors (Lipinski definition) is 6. The number of fused-ring (bicyclic) bond motifs is 1. The third-order valence-electron chi connectivity index (χ3n) is 4.99. The third kappa shape index (κ3) is 3.81. The number of nitrogens with one attached hydrogen (secondary N) is 2. The number of likely N-dealkylation sites (tertiary alicyclic amines) is 1. The summed E-state index contributed by atoms with van der Waals surface area (Å²) in [6.07, 6.45) is 4.98. The number of nitrogens with zero attached hydrogens (tertiary/aromatic N) is 3. The van der Waals surface area contributed by atoms with Crippen LogP contribution < -0.4 is 5.32 Å². The Hall–Kier alpha value is -2.59. The Morgan fingerprint density at radius 2 is 2.42 bits per heavy atom. The van der Waals surface area contributed by atoms with Crippen LogP contribution in [0.2, 0.25) is 0 Å². The highest BCUT2D eigenvalue weighted by molar-refractivity contribution is 6.04. The number of rotatable bonds is 6. The number of H-pyrrole nitrogens is 1. The molecule has 0 radical (unpaired) electrons. The van der Waals surface area contributed by atoms with Gasteiger partial charge in [-0.05, 0) is 31.9 Å². The van der Waals surface area contributed by atoms with Crippen LogP contribution in [-0.2, 0) is 4.74 Å². The molecule has 2 aromatic heterocycles. The fraction of sp³-hybridized carbons (Fsp3) is 0.526. The minimum absolute atomic E-state index is 0.191. The summed E-state index contributed by atoms with van der Waals surface area (Å²) >= 11 is 0. The molecule has 7 nitrogen and oxygen atoms in total. The average molecular weight is 355 g/mol. The van der Waals surface area contributed by atoms with Crippen molar-refractivity contribution < 1.29 is 9.53 Å². The van der Waals surface area contributed by atoms with E-state index in [-0.39, 0.29) is 12.0 Å². The van der Waals surface area contributed by atoms with Gasteiger partial charge < -0.3 is 19.9 Å². The number of carbonyl (C=O) groups excluding carboxylic acids is 1. The minimum Gasteiger partial charge on any atom is -0.462 e. The number of carbonyl (C=O) groups is 1. The molecule has 0 amide bonds. The van der Waals surface area contributed by atoms with Crippen molar-refractivity contribution in [2.75, 3.05) is 31.6 Å². The smallest absolute Gasteiger partial charge is 0.341 e. The topological polar surface area (TPSA) is 94.0 Å². The van der Waals surface area contributed by atoms with Crippen molar-refractivity contribution >= 4 is 22.7 Å². The Bertz CT molecular complexity index is 810. The van der Waals surface area contributed by atoms with Gasteiger partial charge in [0.15, 0.2) is 0 Å². The van der Waals surface area contributed by atoms with Crippen LogP contribution in [0.5, 0.6) is 0 Å². The molecule has 7 heteroatoms. The van der Waals surface area contributed by atoms with Crippen LogP contribution in [0.3, 0.4) is 0 Å². The summed E-state index contributed by atoms with van der Waals surface area (Å²) in [4.78, 5) is 22.1. The molecule has 0 bridgehead atoms. The molecule has 3 heterocycles. The predicted molar refractivity (Wildman–Crippen MR) is 99.9 cm³/mol. The lowest BCUT2D eigenvalue weighted by Gasteiger charge is -2.38.